The van der Waals surface area contributed by atoms with Gasteiger partial charge in [-0.05, 0) is 38.1 Å². The zero-order chi connectivity index (χ0) is 17.8. The van der Waals surface area contributed by atoms with Gasteiger partial charge in [0.2, 0.25) is 5.91 Å². The number of anilines is 1. The van der Waals surface area contributed by atoms with Crippen LogP contribution in [0, 0.1) is 0 Å². The average molecular weight is 353 g/mol. The molecule has 0 aliphatic rings. The first-order valence-corrected chi connectivity index (χ1v) is 9.00. The smallest absolute Gasteiger partial charge is 0.259 e. The number of thioether (sulfide) groups is 1. The summed E-state index contributed by atoms with van der Waals surface area (Å²) in [5, 5.41) is 0.628. The predicted octanol–water partition coefficient (Wildman–Crippen LogP) is 3.46. The van der Waals surface area contributed by atoms with Crippen molar-refractivity contribution in [2.75, 3.05) is 11.4 Å². The van der Waals surface area contributed by atoms with Crippen molar-refractivity contribution < 1.29 is 4.79 Å². The van der Waals surface area contributed by atoms with Gasteiger partial charge in [-0.25, -0.2) is 4.98 Å². The molecule has 3 aromatic rings. The second kappa shape index (κ2) is 7.53. The Kier molecular flexibility index (Phi) is 5.19. The van der Waals surface area contributed by atoms with Gasteiger partial charge in [0.05, 0.1) is 16.2 Å². The first-order chi connectivity index (χ1) is 12.1. The fraction of sp³-hybridized carbons (Fsp3) is 0.211. The molecule has 1 unspecified atom stereocenters. The molecule has 0 fully saturated rings. The number of carbonyl (C=O) groups excluding carboxylic acids is 1. The van der Waals surface area contributed by atoms with Gasteiger partial charge >= 0.3 is 0 Å². The highest BCUT2D eigenvalue weighted by molar-refractivity contribution is 8.00. The Labute approximate surface area is 150 Å². The van der Waals surface area contributed by atoms with Crippen molar-refractivity contribution in [3.8, 4) is 0 Å². The number of aromatic nitrogens is 2. The predicted molar refractivity (Wildman–Crippen MR) is 102 cm³/mol. The number of amides is 1. The van der Waals surface area contributed by atoms with Crippen LogP contribution in [0.1, 0.15) is 13.8 Å². The third-order valence-electron chi connectivity index (χ3n) is 3.88. The van der Waals surface area contributed by atoms with E-state index < -0.39 is 0 Å². The van der Waals surface area contributed by atoms with Crippen molar-refractivity contribution in [1.29, 1.82) is 0 Å². The van der Waals surface area contributed by atoms with Crippen molar-refractivity contribution in [1.82, 2.24) is 9.97 Å². The summed E-state index contributed by atoms with van der Waals surface area (Å²) in [6.07, 6.45) is 0. The highest BCUT2D eigenvalue weighted by Gasteiger charge is 2.22. The van der Waals surface area contributed by atoms with E-state index in [1.165, 1.54) is 11.8 Å². The van der Waals surface area contributed by atoms with Crippen LogP contribution in [0.25, 0.3) is 10.9 Å². The monoisotopic (exact) mass is 353 g/mol. The van der Waals surface area contributed by atoms with Crippen LogP contribution < -0.4 is 10.5 Å². The summed E-state index contributed by atoms with van der Waals surface area (Å²) < 4.78 is 0. The molecule has 6 heteroatoms. The van der Waals surface area contributed by atoms with Gasteiger partial charge < -0.3 is 9.88 Å². The van der Waals surface area contributed by atoms with Crippen molar-refractivity contribution in [2.45, 2.75) is 24.3 Å². The Hall–Kier alpha value is -2.60. The third-order valence-corrected chi connectivity index (χ3v) is 4.85. The van der Waals surface area contributed by atoms with Gasteiger partial charge in [-0.1, -0.05) is 42.1 Å². The number of nitrogens with one attached hydrogen (secondary N) is 1. The van der Waals surface area contributed by atoms with Crippen LogP contribution in [-0.4, -0.2) is 27.7 Å². The molecule has 3 rings (SSSR count). The molecule has 25 heavy (non-hydrogen) atoms. The molecule has 0 saturated heterocycles. The van der Waals surface area contributed by atoms with Crippen LogP contribution >= 0.6 is 11.8 Å². The molecule has 0 spiro atoms. The number of H-pyrrole nitrogens is 1. The van der Waals surface area contributed by atoms with Crippen LogP contribution in [-0.2, 0) is 4.79 Å². The molecule has 1 aromatic heterocycles. The number of carbonyl (C=O) groups is 1. The van der Waals surface area contributed by atoms with Gasteiger partial charge in [-0.2, -0.15) is 0 Å². The Bertz CT molecular complexity index is 940. The Morgan fingerprint density at radius 2 is 1.84 bits per heavy atom. The Morgan fingerprint density at radius 1 is 1.16 bits per heavy atom. The standard InChI is InChI=1S/C19H19N3O2S/c1-3-22(14-9-5-4-6-10-14)18(24)13(2)25-19-20-16-12-8-7-11-15(16)17(23)21-19/h4-13H,3H2,1-2H3,(H,20,21,23). The number of benzene rings is 2. The fourth-order valence-corrected chi connectivity index (χ4v) is 3.50. The summed E-state index contributed by atoms with van der Waals surface area (Å²) in [6, 6.07) is 16.7. The maximum atomic E-state index is 12.8. The molecule has 0 aliphatic heterocycles. The van der Waals surface area contributed by atoms with Gasteiger partial charge in [0.25, 0.3) is 5.56 Å². The highest BCUT2D eigenvalue weighted by atomic mass is 32.2. The quantitative estimate of drug-likeness (QED) is 0.563. The molecular weight excluding hydrogens is 334 g/mol. The van der Waals surface area contributed by atoms with E-state index in [0.29, 0.717) is 22.6 Å². The first-order valence-electron chi connectivity index (χ1n) is 8.12. The summed E-state index contributed by atoms with van der Waals surface area (Å²) in [5.74, 6) is -0.0190. The van der Waals surface area contributed by atoms with Gasteiger partial charge in [0.15, 0.2) is 5.16 Å². The Morgan fingerprint density at radius 3 is 2.56 bits per heavy atom. The van der Waals surface area contributed by atoms with Gasteiger partial charge in [0.1, 0.15) is 0 Å². The molecule has 1 atom stereocenters. The Balaban J connectivity index is 1.83. The number of para-hydroxylation sites is 2. The summed E-state index contributed by atoms with van der Waals surface area (Å²) in [6.45, 7) is 4.35. The topological polar surface area (TPSA) is 66.1 Å². The highest BCUT2D eigenvalue weighted by Crippen LogP contribution is 2.24. The second-order valence-electron chi connectivity index (χ2n) is 5.57. The lowest BCUT2D eigenvalue weighted by Gasteiger charge is -2.24. The third kappa shape index (κ3) is 3.74. The van der Waals surface area contributed by atoms with E-state index in [9.17, 15) is 9.59 Å². The molecule has 0 bridgehead atoms. The van der Waals surface area contributed by atoms with E-state index >= 15 is 0 Å². The lowest BCUT2D eigenvalue weighted by molar-refractivity contribution is -0.117. The molecular formula is C19H19N3O2S. The number of hydrogen-bond acceptors (Lipinski definition) is 4. The largest absolute Gasteiger partial charge is 0.312 e. The first kappa shape index (κ1) is 17.2. The van der Waals surface area contributed by atoms with E-state index in [2.05, 4.69) is 9.97 Å². The molecule has 5 nitrogen and oxygen atoms in total. The summed E-state index contributed by atoms with van der Waals surface area (Å²) in [7, 11) is 0. The number of nitrogens with zero attached hydrogens (tertiary/aromatic N) is 2. The van der Waals surface area contributed by atoms with Crippen LogP contribution in [0.5, 0.6) is 0 Å². The zero-order valence-corrected chi connectivity index (χ0v) is 14.9. The number of fused-ring (bicyclic) bond motifs is 1. The lowest BCUT2D eigenvalue weighted by Crippen LogP contribution is -2.36. The fourth-order valence-electron chi connectivity index (χ4n) is 2.63. The minimum atomic E-state index is -0.371. The number of hydrogen-bond donors (Lipinski definition) is 1. The molecule has 1 heterocycles. The maximum absolute atomic E-state index is 12.8. The minimum Gasteiger partial charge on any atom is -0.312 e. The van der Waals surface area contributed by atoms with Gasteiger partial charge in [-0.3, -0.25) is 9.59 Å². The van der Waals surface area contributed by atoms with Crippen LogP contribution in [0.2, 0.25) is 0 Å². The van der Waals surface area contributed by atoms with E-state index in [1.807, 2.05) is 50.2 Å². The average Bonchev–Trinajstić information content (AvgIpc) is 2.63. The number of rotatable bonds is 5. The van der Waals surface area contributed by atoms with Crippen molar-refractivity contribution in [3.63, 3.8) is 0 Å². The summed E-state index contributed by atoms with van der Waals surface area (Å²) in [5.41, 5.74) is 1.30. The van der Waals surface area contributed by atoms with E-state index in [4.69, 9.17) is 0 Å². The minimum absolute atomic E-state index is 0.0190. The van der Waals surface area contributed by atoms with Crippen LogP contribution in [0.4, 0.5) is 5.69 Å². The zero-order valence-electron chi connectivity index (χ0n) is 14.1. The molecule has 1 amide bonds. The summed E-state index contributed by atoms with van der Waals surface area (Å²) in [4.78, 5) is 33.9. The molecule has 1 N–H and O–H groups in total. The summed E-state index contributed by atoms with van der Waals surface area (Å²) >= 11 is 1.26. The van der Waals surface area contributed by atoms with Gasteiger partial charge in [-0.15, -0.1) is 0 Å². The molecule has 2 aromatic carbocycles. The van der Waals surface area contributed by atoms with Crippen molar-refractivity contribution >= 4 is 34.3 Å². The van der Waals surface area contributed by atoms with Crippen molar-refractivity contribution in [3.05, 3.63) is 65.0 Å². The molecule has 0 aliphatic carbocycles. The molecule has 0 radical (unpaired) electrons. The molecule has 0 saturated carbocycles. The number of aromatic amines is 1. The molecule has 128 valence electrons. The SMILES string of the molecule is CCN(C(=O)C(C)Sc1nc2ccccc2c(=O)[nH]1)c1ccccc1. The lowest BCUT2D eigenvalue weighted by atomic mass is 10.2. The van der Waals surface area contributed by atoms with Gasteiger partial charge in [0, 0.05) is 12.2 Å². The maximum Gasteiger partial charge on any atom is 0.259 e. The van der Waals surface area contributed by atoms with Crippen molar-refractivity contribution in [2.24, 2.45) is 0 Å². The van der Waals surface area contributed by atoms with E-state index in [0.717, 1.165) is 5.69 Å². The van der Waals surface area contributed by atoms with Crippen LogP contribution in [0.15, 0.2) is 64.5 Å². The van der Waals surface area contributed by atoms with Crippen LogP contribution in [0.3, 0.4) is 0 Å². The van der Waals surface area contributed by atoms with E-state index in [-0.39, 0.29) is 16.7 Å². The second-order valence-corrected chi connectivity index (χ2v) is 6.90. The van der Waals surface area contributed by atoms with E-state index in [1.54, 1.807) is 23.1 Å². The normalized spacial score (nSPS) is 12.1.